The summed E-state index contributed by atoms with van der Waals surface area (Å²) in [6.45, 7) is 2.09. The summed E-state index contributed by atoms with van der Waals surface area (Å²) < 4.78 is 10.3. The highest BCUT2D eigenvalue weighted by molar-refractivity contribution is 5.85. The van der Waals surface area contributed by atoms with Crippen molar-refractivity contribution in [1.82, 2.24) is 5.16 Å². The first kappa shape index (κ1) is 11.2. The monoisotopic (exact) mass is 233 g/mol. The van der Waals surface area contributed by atoms with Gasteiger partial charge in [0.25, 0.3) is 0 Å². The number of carboxylic acids is 1. The SMILES string of the molecule is Cc1ccccc1OCc1cc(C(=O)O)no1. The average molecular weight is 233 g/mol. The van der Waals surface area contributed by atoms with E-state index in [9.17, 15) is 4.79 Å². The smallest absolute Gasteiger partial charge is 0.358 e. The van der Waals surface area contributed by atoms with E-state index in [4.69, 9.17) is 14.4 Å². The Kier molecular flexibility index (Phi) is 3.09. The van der Waals surface area contributed by atoms with Gasteiger partial charge in [-0.1, -0.05) is 23.4 Å². The van der Waals surface area contributed by atoms with E-state index in [1.165, 1.54) is 6.07 Å². The maximum atomic E-state index is 10.6. The van der Waals surface area contributed by atoms with Crippen molar-refractivity contribution in [3.63, 3.8) is 0 Å². The molecule has 88 valence electrons. The fourth-order valence-corrected chi connectivity index (χ4v) is 1.35. The van der Waals surface area contributed by atoms with Crippen molar-refractivity contribution < 1.29 is 19.2 Å². The molecular weight excluding hydrogens is 222 g/mol. The van der Waals surface area contributed by atoms with Crippen molar-refractivity contribution in [3.05, 3.63) is 47.3 Å². The van der Waals surface area contributed by atoms with Gasteiger partial charge in [0.05, 0.1) is 0 Å². The number of hydrogen-bond donors (Lipinski definition) is 1. The lowest BCUT2D eigenvalue weighted by Gasteiger charge is -2.05. The zero-order chi connectivity index (χ0) is 12.3. The summed E-state index contributed by atoms with van der Waals surface area (Å²) in [5.74, 6) is 0.00215. The molecule has 17 heavy (non-hydrogen) atoms. The number of aryl methyl sites for hydroxylation is 1. The van der Waals surface area contributed by atoms with Crippen LogP contribution in [-0.2, 0) is 6.61 Å². The van der Waals surface area contributed by atoms with Crippen LogP contribution in [-0.4, -0.2) is 16.2 Å². The number of aromatic carboxylic acids is 1. The molecule has 0 spiro atoms. The largest absolute Gasteiger partial charge is 0.485 e. The number of carbonyl (C=O) groups is 1. The molecule has 0 fully saturated rings. The van der Waals surface area contributed by atoms with Crippen LogP contribution in [0.3, 0.4) is 0 Å². The maximum Gasteiger partial charge on any atom is 0.358 e. The summed E-state index contributed by atoms with van der Waals surface area (Å²) >= 11 is 0. The summed E-state index contributed by atoms with van der Waals surface area (Å²) in [7, 11) is 0. The fourth-order valence-electron chi connectivity index (χ4n) is 1.35. The molecule has 0 bridgehead atoms. The zero-order valence-corrected chi connectivity index (χ0v) is 9.21. The second kappa shape index (κ2) is 4.69. The van der Waals surface area contributed by atoms with E-state index in [2.05, 4.69) is 5.16 Å². The number of rotatable bonds is 4. The normalized spacial score (nSPS) is 10.2. The van der Waals surface area contributed by atoms with Gasteiger partial charge < -0.3 is 14.4 Å². The predicted octanol–water partition coefficient (Wildman–Crippen LogP) is 2.26. The number of ether oxygens (including phenoxy) is 1. The highest BCUT2D eigenvalue weighted by Gasteiger charge is 2.11. The van der Waals surface area contributed by atoms with Gasteiger partial charge in [0, 0.05) is 6.07 Å². The van der Waals surface area contributed by atoms with Crippen LogP contribution in [0.2, 0.25) is 0 Å². The van der Waals surface area contributed by atoms with Crippen LogP contribution < -0.4 is 4.74 Å². The van der Waals surface area contributed by atoms with Crippen LogP contribution in [0.5, 0.6) is 5.75 Å². The molecule has 1 aromatic carbocycles. The molecular formula is C12H11NO4. The number of para-hydroxylation sites is 1. The predicted molar refractivity (Wildman–Crippen MR) is 59.0 cm³/mol. The molecule has 0 unspecified atom stereocenters. The Bertz CT molecular complexity index is 533. The maximum absolute atomic E-state index is 10.6. The standard InChI is InChI=1S/C12H11NO4/c1-8-4-2-3-5-11(8)16-7-9-6-10(12(14)15)13-17-9/h2-6H,7H2,1H3,(H,14,15). The molecule has 1 aromatic heterocycles. The van der Waals surface area contributed by atoms with Crippen LogP contribution in [0.1, 0.15) is 21.8 Å². The zero-order valence-electron chi connectivity index (χ0n) is 9.21. The van der Waals surface area contributed by atoms with E-state index >= 15 is 0 Å². The van der Waals surface area contributed by atoms with Gasteiger partial charge in [-0.05, 0) is 18.6 Å². The van der Waals surface area contributed by atoms with E-state index in [0.717, 1.165) is 11.3 Å². The summed E-state index contributed by atoms with van der Waals surface area (Å²) in [6, 6.07) is 8.90. The van der Waals surface area contributed by atoms with E-state index in [1.807, 2.05) is 31.2 Å². The average Bonchev–Trinajstić information content (AvgIpc) is 2.77. The lowest BCUT2D eigenvalue weighted by atomic mass is 10.2. The van der Waals surface area contributed by atoms with Gasteiger partial charge in [-0.25, -0.2) is 4.79 Å². The first-order valence-electron chi connectivity index (χ1n) is 5.04. The Balaban J connectivity index is 2.02. The minimum atomic E-state index is -1.11. The second-order valence-electron chi connectivity index (χ2n) is 3.54. The third-order valence-corrected chi connectivity index (χ3v) is 2.24. The van der Waals surface area contributed by atoms with E-state index < -0.39 is 5.97 Å². The minimum absolute atomic E-state index is 0.117. The highest BCUT2D eigenvalue weighted by Crippen LogP contribution is 2.18. The lowest BCUT2D eigenvalue weighted by Crippen LogP contribution is -1.96. The molecule has 5 nitrogen and oxygen atoms in total. The van der Waals surface area contributed by atoms with E-state index in [1.54, 1.807) is 0 Å². The Labute approximate surface area is 97.6 Å². The number of benzene rings is 1. The fraction of sp³-hybridized carbons (Fsp3) is 0.167. The summed E-state index contributed by atoms with van der Waals surface area (Å²) in [4.78, 5) is 10.6. The number of aromatic nitrogens is 1. The molecule has 0 radical (unpaired) electrons. The van der Waals surface area contributed by atoms with Crippen LogP contribution >= 0.6 is 0 Å². The second-order valence-corrected chi connectivity index (χ2v) is 3.54. The van der Waals surface area contributed by atoms with Gasteiger partial charge in [-0.15, -0.1) is 0 Å². The molecule has 2 rings (SSSR count). The van der Waals surface area contributed by atoms with Crippen LogP contribution in [0, 0.1) is 6.92 Å². The molecule has 0 atom stereocenters. The Morgan fingerprint density at radius 2 is 2.24 bits per heavy atom. The summed E-state index contributed by atoms with van der Waals surface area (Å²) in [5, 5.41) is 12.1. The third-order valence-electron chi connectivity index (χ3n) is 2.24. The van der Waals surface area contributed by atoms with Crippen molar-refractivity contribution in [3.8, 4) is 5.75 Å². The third kappa shape index (κ3) is 2.63. The van der Waals surface area contributed by atoms with Gasteiger partial charge in [-0.2, -0.15) is 0 Å². The number of hydrogen-bond acceptors (Lipinski definition) is 4. The van der Waals surface area contributed by atoms with Gasteiger partial charge in [0.15, 0.2) is 11.5 Å². The summed E-state index contributed by atoms with van der Waals surface area (Å²) in [5.41, 5.74) is 0.888. The molecule has 5 heteroatoms. The summed E-state index contributed by atoms with van der Waals surface area (Å²) in [6.07, 6.45) is 0. The molecule has 1 N–H and O–H groups in total. The van der Waals surface area contributed by atoms with E-state index in [-0.39, 0.29) is 12.3 Å². The Hall–Kier alpha value is -2.30. The first-order valence-corrected chi connectivity index (χ1v) is 5.04. The van der Waals surface area contributed by atoms with Gasteiger partial charge in [0.2, 0.25) is 0 Å². The van der Waals surface area contributed by atoms with Crippen molar-refractivity contribution >= 4 is 5.97 Å². The first-order chi connectivity index (χ1) is 8.16. The lowest BCUT2D eigenvalue weighted by molar-refractivity contribution is 0.0685. The van der Waals surface area contributed by atoms with Crippen molar-refractivity contribution in [2.24, 2.45) is 0 Å². The van der Waals surface area contributed by atoms with Crippen molar-refractivity contribution in [1.29, 1.82) is 0 Å². The molecule has 0 aliphatic rings. The van der Waals surface area contributed by atoms with Gasteiger partial charge in [0.1, 0.15) is 12.4 Å². The molecule has 1 heterocycles. The van der Waals surface area contributed by atoms with Crippen LogP contribution in [0.15, 0.2) is 34.9 Å². The quantitative estimate of drug-likeness (QED) is 0.876. The van der Waals surface area contributed by atoms with Crippen molar-refractivity contribution in [2.75, 3.05) is 0 Å². The van der Waals surface area contributed by atoms with Gasteiger partial charge >= 0.3 is 5.97 Å². The highest BCUT2D eigenvalue weighted by atomic mass is 16.5. The number of nitrogens with zero attached hydrogens (tertiary/aromatic N) is 1. The Morgan fingerprint density at radius 1 is 1.47 bits per heavy atom. The van der Waals surface area contributed by atoms with Crippen molar-refractivity contribution in [2.45, 2.75) is 13.5 Å². The molecule has 2 aromatic rings. The van der Waals surface area contributed by atoms with E-state index in [0.29, 0.717) is 5.76 Å². The molecule has 0 saturated carbocycles. The Morgan fingerprint density at radius 3 is 2.88 bits per heavy atom. The number of carboxylic acid groups (broad SMARTS) is 1. The molecule has 0 aliphatic carbocycles. The molecule has 0 saturated heterocycles. The molecule has 0 aliphatic heterocycles. The van der Waals surface area contributed by atoms with Crippen LogP contribution in [0.25, 0.3) is 0 Å². The minimum Gasteiger partial charge on any atom is -0.485 e. The van der Waals surface area contributed by atoms with Gasteiger partial charge in [-0.3, -0.25) is 0 Å². The molecule has 0 amide bonds. The van der Waals surface area contributed by atoms with Crippen LogP contribution in [0.4, 0.5) is 0 Å². The topological polar surface area (TPSA) is 72.6 Å².